The standard InChI is InChI=1S/C20H32F2N4O2S.HI/c1-20(2,3)29(27)13-11-24-19(23-4)25-15-6-5-12-26(14-15)16-7-9-17(10-8-16)28-18(21)22;/h7-10,15,18H,5-6,11-14H2,1-4H3,(H2,23,24,25);1H. The van der Waals surface area contributed by atoms with Gasteiger partial charge in [-0.2, -0.15) is 8.78 Å². The van der Waals surface area contributed by atoms with Crippen LogP contribution in [0.1, 0.15) is 33.6 Å². The van der Waals surface area contributed by atoms with Gasteiger partial charge in [-0.25, -0.2) is 0 Å². The maximum absolute atomic E-state index is 12.3. The van der Waals surface area contributed by atoms with Gasteiger partial charge in [-0.05, 0) is 57.9 Å². The number of aliphatic imine (C=N–C) groups is 1. The number of benzene rings is 1. The first-order chi connectivity index (χ1) is 13.7. The van der Waals surface area contributed by atoms with Gasteiger partial charge in [0, 0.05) is 59.7 Å². The summed E-state index contributed by atoms with van der Waals surface area (Å²) in [4.78, 5) is 6.49. The van der Waals surface area contributed by atoms with Crippen molar-refractivity contribution in [2.75, 3.05) is 37.3 Å². The number of halogens is 3. The quantitative estimate of drug-likeness (QED) is 0.305. The van der Waals surface area contributed by atoms with Crippen molar-refractivity contribution in [1.82, 2.24) is 10.6 Å². The first kappa shape index (κ1) is 26.9. The van der Waals surface area contributed by atoms with Crippen LogP contribution in [-0.2, 0) is 10.8 Å². The van der Waals surface area contributed by atoms with Gasteiger partial charge >= 0.3 is 6.61 Å². The van der Waals surface area contributed by atoms with Crippen molar-refractivity contribution < 1.29 is 17.7 Å². The monoisotopic (exact) mass is 558 g/mol. The Morgan fingerprint density at radius 1 is 1.33 bits per heavy atom. The van der Waals surface area contributed by atoms with Crippen molar-refractivity contribution in [3.05, 3.63) is 24.3 Å². The van der Waals surface area contributed by atoms with Crippen LogP contribution in [-0.4, -0.2) is 60.0 Å². The molecule has 0 amide bonds. The molecule has 0 saturated carbocycles. The Balaban J connectivity index is 0.00000450. The fourth-order valence-electron chi connectivity index (χ4n) is 3.12. The van der Waals surface area contributed by atoms with Crippen LogP contribution in [0.3, 0.4) is 0 Å². The first-order valence-electron chi connectivity index (χ1n) is 9.84. The molecule has 2 atom stereocenters. The van der Waals surface area contributed by atoms with Gasteiger partial charge in [-0.3, -0.25) is 9.20 Å². The molecular weight excluding hydrogens is 525 g/mol. The van der Waals surface area contributed by atoms with E-state index in [0.29, 0.717) is 18.3 Å². The van der Waals surface area contributed by atoms with Gasteiger partial charge in [0.05, 0.1) is 0 Å². The maximum Gasteiger partial charge on any atom is 0.387 e. The second-order valence-corrected chi connectivity index (χ2v) is 10.3. The fraction of sp³-hybridized carbons (Fsp3) is 0.650. The van der Waals surface area contributed by atoms with Gasteiger partial charge in [-0.1, -0.05) is 0 Å². The van der Waals surface area contributed by atoms with E-state index in [-0.39, 0.29) is 40.5 Å². The van der Waals surface area contributed by atoms with E-state index in [1.165, 1.54) is 0 Å². The van der Waals surface area contributed by atoms with Crippen LogP contribution in [0.5, 0.6) is 5.75 Å². The third-order valence-corrected chi connectivity index (χ3v) is 6.62. The largest absolute Gasteiger partial charge is 0.435 e. The van der Waals surface area contributed by atoms with E-state index in [0.717, 1.165) is 31.6 Å². The number of nitrogens with zero attached hydrogens (tertiary/aromatic N) is 2. The van der Waals surface area contributed by atoms with Gasteiger partial charge in [-0.15, -0.1) is 24.0 Å². The second kappa shape index (κ2) is 12.6. The second-order valence-electron chi connectivity index (χ2n) is 7.96. The van der Waals surface area contributed by atoms with E-state index < -0.39 is 17.4 Å². The summed E-state index contributed by atoms with van der Waals surface area (Å²) in [6.07, 6.45) is 2.02. The molecule has 1 aliphatic rings. The number of ether oxygens (including phenoxy) is 1. The lowest BCUT2D eigenvalue weighted by molar-refractivity contribution is -0.0498. The topological polar surface area (TPSA) is 66.0 Å². The molecule has 2 unspecified atom stereocenters. The molecule has 1 aliphatic heterocycles. The van der Waals surface area contributed by atoms with E-state index in [4.69, 9.17) is 0 Å². The predicted molar refractivity (Wildman–Crippen MR) is 131 cm³/mol. The van der Waals surface area contributed by atoms with Crippen molar-refractivity contribution in [3.63, 3.8) is 0 Å². The molecule has 0 radical (unpaired) electrons. The summed E-state index contributed by atoms with van der Waals surface area (Å²) in [5.74, 6) is 1.42. The number of hydrogen-bond donors (Lipinski definition) is 2. The molecule has 2 rings (SSSR count). The van der Waals surface area contributed by atoms with Gasteiger partial charge in [0.1, 0.15) is 5.75 Å². The van der Waals surface area contributed by atoms with Crippen LogP contribution in [0.25, 0.3) is 0 Å². The van der Waals surface area contributed by atoms with Crippen LogP contribution < -0.4 is 20.3 Å². The average Bonchev–Trinajstić information content (AvgIpc) is 2.66. The number of guanidine groups is 1. The normalized spacial score (nSPS) is 18.6. The van der Waals surface area contributed by atoms with Crippen molar-refractivity contribution in [3.8, 4) is 5.75 Å². The van der Waals surface area contributed by atoms with Crippen LogP contribution in [0, 0.1) is 0 Å². The smallest absolute Gasteiger partial charge is 0.387 e. The molecule has 0 spiro atoms. The third-order valence-electron chi connectivity index (χ3n) is 4.68. The summed E-state index contributed by atoms with van der Waals surface area (Å²) in [7, 11) is 0.811. The molecule has 1 heterocycles. The maximum atomic E-state index is 12.3. The molecule has 1 aromatic carbocycles. The summed E-state index contributed by atoms with van der Waals surface area (Å²) in [6.45, 7) is 5.38. The van der Waals surface area contributed by atoms with E-state index in [2.05, 4.69) is 25.3 Å². The van der Waals surface area contributed by atoms with Crippen LogP contribution in [0.4, 0.5) is 14.5 Å². The SMILES string of the molecule is CN=C(NCCS(=O)C(C)(C)C)NC1CCCN(c2ccc(OC(F)F)cc2)C1.I. The van der Waals surface area contributed by atoms with Crippen LogP contribution in [0.2, 0.25) is 0 Å². The Hall–Kier alpha value is -1.17. The van der Waals surface area contributed by atoms with Crippen LogP contribution >= 0.6 is 24.0 Å². The fourth-order valence-corrected chi connectivity index (χ4v) is 4.02. The highest BCUT2D eigenvalue weighted by atomic mass is 127. The molecule has 0 aliphatic carbocycles. The number of nitrogens with one attached hydrogen (secondary N) is 2. The number of alkyl halides is 2. The minimum absolute atomic E-state index is 0. The molecule has 30 heavy (non-hydrogen) atoms. The molecule has 1 saturated heterocycles. The molecule has 10 heteroatoms. The predicted octanol–water partition coefficient (Wildman–Crippen LogP) is 3.59. The minimum atomic E-state index is -2.82. The lowest BCUT2D eigenvalue weighted by atomic mass is 10.0. The summed E-state index contributed by atoms with van der Waals surface area (Å²) in [5, 5.41) is 6.67. The Labute approximate surface area is 197 Å². The zero-order valence-electron chi connectivity index (χ0n) is 18.0. The summed E-state index contributed by atoms with van der Waals surface area (Å²) < 4.78 is 40.9. The average molecular weight is 558 g/mol. The van der Waals surface area contributed by atoms with Crippen molar-refractivity contribution >= 4 is 46.4 Å². The number of rotatable bonds is 7. The van der Waals surface area contributed by atoms with Crippen LogP contribution in [0.15, 0.2) is 29.3 Å². The third kappa shape index (κ3) is 8.91. The molecule has 0 aromatic heterocycles. The van der Waals surface area contributed by atoms with Crippen molar-refractivity contribution in [2.45, 2.75) is 51.0 Å². The highest BCUT2D eigenvalue weighted by Crippen LogP contribution is 2.23. The van der Waals surface area contributed by atoms with Gasteiger partial charge in [0.2, 0.25) is 0 Å². The summed E-state index contributed by atoms with van der Waals surface area (Å²) in [6, 6.07) is 6.94. The molecule has 6 nitrogen and oxygen atoms in total. The molecule has 0 bridgehead atoms. The number of piperidine rings is 1. The van der Waals surface area contributed by atoms with E-state index >= 15 is 0 Å². The van der Waals surface area contributed by atoms with Gasteiger partial charge in [0.15, 0.2) is 5.96 Å². The Morgan fingerprint density at radius 2 is 2.00 bits per heavy atom. The zero-order valence-corrected chi connectivity index (χ0v) is 21.1. The molecule has 172 valence electrons. The first-order valence-corrected chi connectivity index (χ1v) is 11.2. The van der Waals surface area contributed by atoms with E-state index in [1.54, 1.807) is 31.3 Å². The van der Waals surface area contributed by atoms with Gasteiger partial charge in [0.25, 0.3) is 0 Å². The summed E-state index contributed by atoms with van der Waals surface area (Å²) >= 11 is 0. The Kier molecular flexibility index (Phi) is 11.3. The molecule has 1 fully saturated rings. The van der Waals surface area contributed by atoms with E-state index in [1.807, 2.05) is 20.8 Å². The highest BCUT2D eigenvalue weighted by molar-refractivity contribution is 14.0. The molecular formula is C20H33F2IN4O2S. The Morgan fingerprint density at radius 3 is 2.57 bits per heavy atom. The van der Waals surface area contributed by atoms with Crippen molar-refractivity contribution in [2.24, 2.45) is 4.99 Å². The van der Waals surface area contributed by atoms with Crippen molar-refractivity contribution in [1.29, 1.82) is 0 Å². The number of hydrogen-bond acceptors (Lipinski definition) is 4. The van der Waals surface area contributed by atoms with Gasteiger partial charge < -0.3 is 20.3 Å². The number of anilines is 1. The highest BCUT2D eigenvalue weighted by Gasteiger charge is 2.22. The van der Waals surface area contributed by atoms with E-state index in [9.17, 15) is 13.0 Å². The lowest BCUT2D eigenvalue weighted by Gasteiger charge is -2.35. The summed E-state index contributed by atoms with van der Waals surface area (Å²) in [5.41, 5.74) is 0.974. The lowest BCUT2D eigenvalue weighted by Crippen LogP contribution is -2.51. The molecule has 2 N–H and O–H groups in total. The minimum Gasteiger partial charge on any atom is -0.435 e. The molecule has 1 aromatic rings. The zero-order chi connectivity index (χ0) is 21.4. The Bertz CT molecular complexity index is 699.